The van der Waals surface area contributed by atoms with Crippen molar-refractivity contribution in [2.24, 2.45) is 35.5 Å². The van der Waals surface area contributed by atoms with Gasteiger partial charge in [-0.05, 0) is 70.6 Å². The normalized spacial score (nSPS) is 34.5. The lowest BCUT2D eigenvalue weighted by Gasteiger charge is -2.37. The van der Waals surface area contributed by atoms with E-state index in [-0.39, 0.29) is 54.4 Å². The number of likely N-dealkylation sites (tertiary alicyclic amines) is 1. The molecule has 1 aromatic rings. The first kappa shape index (κ1) is 18.4. The summed E-state index contributed by atoms with van der Waals surface area (Å²) < 4.78 is 0.766. The van der Waals surface area contributed by atoms with Crippen LogP contribution >= 0.6 is 27.5 Å². The highest BCUT2D eigenvalue weighted by molar-refractivity contribution is 9.10. The summed E-state index contributed by atoms with van der Waals surface area (Å²) in [6.07, 6.45) is 5.54. The Morgan fingerprint density at radius 2 is 1.79 bits per heavy atom. The molecule has 5 aliphatic rings. The number of halogens is 2. The number of hydrogen-bond donors (Lipinski definition) is 1. The van der Waals surface area contributed by atoms with Crippen LogP contribution in [0, 0.1) is 42.4 Å². The zero-order chi connectivity index (χ0) is 19.7. The molecule has 1 saturated heterocycles. The largest absolute Gasteiger partial charge is 0.326 e. The minimum Gasteiger partial charge on any atom is -0.326 e. The Labute approximate surface area is 176 Å². The second-order valence-corrected chi connectivity index (χ2v) is 9.55. The predicted octanol–water partition coefficient (Wildman–Crippen LogP) is 3.79. The molecule has 0 unspecified atom stereocenters. The highest BCUT2D eigenvalue weighted by Crippen LogP contribution is 2.65. The number of amides is 3. The quantitative estimate of drug-likeness (QED) is 0.546. The third-order valence-electron chi connectivity index (χ3n) is 6.93. The highest BCUT2D eigenvalue weighted by atomic mass is 79.9. The van der Waals surface area contributed by atoms with Gasteiger partial charge in [-0.25, -0.2) is 0 Å². The Kier molecular flexibility index (Phi) is 4.22. The molecule has 1 heterocycles. The SMILES string of the molecule is Cc1c(NC(=O)CCN2C(=O)[C@H]3[C@@H]4C=C[C@H]([C@H]5C[C@H]45)[C@@H]3C2=O)ccc(Br)c1Cl. The number of carbonyl (C=O) groups is 3. The Morgan fingerprint density at radius 3 is 2.39 bits per heavy atom. The minimum absolute atomic E-state index is 0.0830. The fraction of sp³-hybridized carbons (Fsp3) is 0.476. The van der Waals surface area contributed by atoms with Gasteiger partial charge in [0.05, 0.1) is 16.9 Å². The zero-order valence-electron chi connectivity index (χ0n) is 15.3. The average molecular weight is 464 g/mol. The third-order valence-corrected chi connectivity index (χ3v) is 8.31. The molecule has 2 saturated carbocycles. The fourth-order valence-corrected chi connectivity index (χ4v) is 6.05. The van der Waals surface area contributed by atoms with Crippen molar-refractivity contribution in [2.45, 2.75) is 19.8 Å². The number of benzene rings is 1. The molecule has 1 aromatic carbocycles. The van der Waals surface area contributed by atoms with E-state index in [9.17, 15) is 14.4 Å². The monoisotopic (exact) mass is 462 g/mol. The first-order valence-corrected chi connectivity index (χ1v) is 10.8. The minimum atomic E-state index is -0.235. The van der Waals surface area contributed by atoms with Gasteiger partial charge in [0.2, 0.25) is 17.7 Å². The van der Waals surface area contributed by atoms with Crippen LogP contribution in [-0.4, -0.2) is 29.2 Å². The lowest BCUT2D eigenvalue weighted by molar-refractivity contribution is -0.140. The zero-order valence-corrected chi connectivity index (χ0v) is 17.7. The summed E-state index contributed by atoms with van der Waals surface area (Å²) in [5.74, 6) is 0.767. The van der Waals surface area contributed by atoms with Crippen LogP contribution in [0.4, 0.5) is 5.69 Å². The van der Waals surface area contributed by atoms with Crippen LogP contribution in [0.5, 0.6) is 0 Å². The summed E-state index contributed by atoms with van der Waals surface area (Å²) in [5.41, 5.74) is 1.40. The van der Waals surface area contributed by atoms with Crippen LogP contribution in [0.1, 0.15) is 18.4 Å². The summed E-state index contributed by atoms with van der Waals surface area (Å²) in [4.78, 5) is 39.6. The Morgan fingerprint density at radius 1 is 1.18 bits per heavy atom. The highest BCUT2D eigenvalue weighted by Gasteiger charge is 2.66. The Balaban J connectivity index is 1.25. The molecule has 1 N–H and O–H groups in total. The van der Waals surface area contributed by atoms with Crippen molar-refractivity contribution < 1.29 is 14.4 Å². The van der Waals surface area contributed by atoms with E-state index < -0.39 is 0 Å². The second-order valence-electron chi connectivity index (χ2n) is 8.31. The van der Waals surface area contributed by atoms with E-state index in [1.807, 2.05) is 6.92 Å². The van der Waals surface area contributed by atoms with Gasteiger partial charge in [-0.3, -0.25) is 19.3 Å². The van der Waals surface area contributed by atoms with Gasteiger partial charge in [0, 0.05) is 23.1 Å². The van der Waals surface area contributed by atoms with Gasteiger partial charge in [-0.15, -0.1) is 0 Å². The second kappa shape index (κ2) is 6.42. The van der Waals surface area contributed by atoms with E-state index in [4.69, 9.17) is 11.6 Å². The summed E-state index contributed by atoms with van der Waals surface area (Å²) >= 11 is 9.56. The standard InChI is InChI=1S/C21H20BrClN2O3/c1-9-15(5-4-14(22)19(9)23)24-16(26)6-7-25-20(27)17-10-2-3-11(13-8-12(10)13)18(17)21(25)28/h2-5,10-13,17-18H,6-8H2,1H3,(H,24,26)/t10-,11-,12-,13-,17+,18+/m1/s1. The van der Waals surface area contributed by atoms with Crippen molar-refractivity contribution in [2.75, 3.05) is 11.9 Å². The van der Waals surface area contributed by atoms with Crippen LogP contribution in [0.25, 0.3) is 0 Å². The van der Waals surface area contributed by atoms with E-state index in [1.54, 1.807) is 12.1 Å². The first-order valence-electron chi connectivity index (χ1n) is 9.66. The number of nitrogens with one attached hydrogen (secondary N) is 1. The topological polar surface area (TPSA) is 66.5 Å². The van der Waals surface area contributed by atoms with E-state index in [0.29, 0.717) is 22.5 Å². The van der Waals surface area contributed by atoms with Gasteiger partial charge in [-0.1, -0.05) is 23.8 Å². The van der Waals surface area contributed by atoms with Crippen molar-refractivity contribution in [1.29, 1.82) is 0 Å². The van der Waals surface area contributed by atoms with Crippen LogP contribution in [0.3, 0.4) is 0 Å². The van der Waals surface area contributed by atoms with Crippen molar-refractivity contribution in [3.05, 3.63) is 39.3 Å². The molecule has 3 fully saturated rings. The van der Waals surface area contributed by atoms with Crippen molar-refractivity contribution in [1.82, 2.24) is 4.90 Å². The van der Waals surface area contributed by atoms with Crippen LogP contribution in [0.2, 0.25) is 5.02 Å². The van der Waals surface area contributed by atoms with Gasteiger partial charge in [0.25, 0.3) is 0 Å². The molecule has 5 nitrogen and oxygen atoms in total. The molecule has 6 rings (SSSR count). The molecular weight excluding hydrogens is 444 g/mol. The lowest BCUT2D eigenvalue weighted by Crippen LogP contribution is -2.40. The molecular formula is C21H20BrClN2O3. The van der Waals surface area contributed by atoms with E-state index in [0.717, 1.165) is 16.5 Å². The van der Waals surface area contributed by atoms with Gasteiger partial charge >= 0.3 is 0 Å². The number of rotatable bonds is 4. The molecule has 146 valence electrons. The molecule has 2 bridgehead atoms. The summed E-state index contributed by atoms with van der Waals surface area (Å²) in [7, 11) is 0. The molecule has 0 radical (unpaired) electrons. The van der Waals surface area contributed by atoms with Crippen LogP contribution < -0.4 is 5.32 Å². The van der Waals surface area contributed by atoms with Gasteiger partial charge < -0.3 is 5.32 Å². The number of hydrogen-bond acceptors (Lipinski definition) is 3. The van der Waals surface area contributed by atoms with Crippen molar-refractivity contribution in [3.8, 4) is 0 Å². The maximum atomic E-state index is 12.9. The van der Waals surface area contributed by atoms with Crippen molar-refractivity contribution >= 4 is 50.9 Å². The maximum absolute atomic E-state index is 12.9. The van der Waals surface area contributed by atoms with Crippen LogP contribution in [0.15, 0.2) is 28.8 Å². The van der Waals surface area contributed by atoms with Gasteiger partial charge in [0.15, 0.2) is 0 Å². The van der Waals surface area contributed by atoms with Gasteiger partial charge in [-0.2, -0.15) is 0 Å². The molecule has 1 aliphatic heterocycles. The predicted molar refractivity (Wildman–Crippen MR) is 109 cm³/mol. The summed E-state index contributed by atoms with van der Waals surface area (Å²) in [6.45, 7) is 1.96. The molecule has 4 aliphatic carbocycles. The van der Waals surface area contributed by atoms with Crippen LogP contribution in [-0.2, 0) is 14.4 Å². The van der Waals surface area contributed by atoms with E-state index in [1.165, 1.54) is 4.90 Å². The third kappa shape index (κ3) is 2.61. The fourth-order valence-electron chi connectivity index (χ4n) is 5.45. The number of imide groups is 1. The summed E-state index contributed by atoms with van der Waals surface area (Å²) in [6, 6.07) is 3.55. The van der Waals surface area contributed by atoms with Gasteiger partial charge in [0.1, 0.15) is 0 Å². The summed E-state index contributed by atoms with van der Waals surface area (Å²) in [5, 5.41) is 3.38. The number of carbonyl (C=O) groups excluding carboxylic acids is 3. The maximum Gasteiger partial charge on any atom is 0.233 e. The lowest BCUT2D eigenvalue weighted by atomic mass is 9.63. The molecule has 7 heteroatoms. The number of allylic oxidation sites excluding steroid dienone is 2. The van der Waals surface area contributed by atoms with E-state index in [2.05, 4.69) is 33.4 Å². The first-order chi connectivity index (χ1) is 13.4. The molecule has 0 aromatic heterocycles. The Bertz CT molecular complexity index is 910. The number of anilines is 1. The molecule has 28 heavy (non-hydrogen) atoms. The molecule has 6 atom stereocenters. The van der Waals surface area contributed by atoms with E-state index >= 15 is 0 Å². The number of nitrogens with zero attached hydrogens (tertiary/aromatic N) is 1. The molecule has 3 amide bonds. The molecule has 0 spiro atoms. The van der Waals surface area contributed by atoms with Crippen molar-refractivity contribution in [3.63, 3.8) is 0 Å². The Hall–Kier alpha value is -1.66. The average Bonchev–Trinajstić information content (AvgIpc) is 3.46. The smallest absolute Gasteiger partial charge is 0.233 e.